The van der Waals surface area contributed by atoms with Crippen LogP contribution in [0.1, 0.15) is 19.0 Å². The summed E-state index contributed by atoms with van der Waals surface area (Å²) in [5.74, 6) is -0.488. The van der Waals surface area contributed by atoms with Crippen LogP contribution in [0.25, 0.3) is 0 Å². The summed E-state index contributed by atoms with van der Waals surface area (Å²) in [5, 5.41) is 3.88. The second-order valence-electron chi connectivity index (χ2n) is 4.30. The summed E-state index contributed by atoms with van der Waals surface area (Å²) in [6.45, 7) is 3.60. The summed E-state index contributed by atoms with van der Waals surface area (Å²) < 4.78 is 32.0. The molecule has 0 fully saturated rings. The van der Waals surface area contributed by atoms with Crippen LogP contribution in [0.5, 0.6) is 0 Å². The van der Waals surface area contributed by atoms with Gasteiger partial charge in [0.2, 0.25) is 10.0 Å². The Hall–Kier alpha value is -1.61. The molecular weight excluding hydrogens is 284 g/mol. The minimum Gasteiger partial charge on any atom is -0.466 e. The van der Waals surface area contributed by atoms with Crippen molar-refractivity contribution < 1.29 is 17.9 Å². The van der Waals surface area contributed by atoms with Gasteiger partial charge in [0, 0.05) is 20.6 Å². The molecule has 0 aliphatic rings. The molecule has 2 N–H and O–H groups in total. The van der Waals surface area contributed by atoms with Crippen LogP contribution in [-0.4, -0.2) is 48.7 Å². The maximum Gasteiger partial charge on any atom is 0.307 e. The molecule has 9 heteroatoms. The van der Waals surface area contributed by atoms with Crippen molar-refractivity contribution in [1.82, 2.24) is 14.1 Å². The van der Waals surface area contributed by atoms with Crippen molar-refractivity contribution in [2.24, 2.45) is 7.05 Å². The zero-order valence-corrected chi connectivity index (χ0v) is 12.9. The Kier molecular flexibility index (Phi) is 5.12. The van der Waals surface area contributed by atoms with Gasteiger partial charge < -0.3 is 10.5 Å². The number of hydrogen-bond acceptors (Lipinski definition) is 6. The van der Waals surface area contributed by atoms with Crippen molar-refractivity contribution in [3.8, 4) is 0 Å². The number of anilines is 1. The fraction of sp³-hybridized carbons (Fsp3) is 0.636. The Morgan fingerprint density at radius 2 is 2.10 bits per heavy atom. The first-order chi connectivity index (χ1) is 9.21. The number of hydrogen-bond donors (Lipinski definition) is 1. The van der Waals surface area contributed by atoms with Crippen LogP contribution in [0.3, 0.4) is 0 Å². The van der Waals surface area contributed by atoms with Crippen LogP contribution < -0.4 is 5.73 Å². The minimum absolute atomic E-state index is 0.0111. The van der Waals surface area contributed by atoms with Crippen molar-refractivity contribution in [3.05, 3.63) is 5.69 Å². The number of nitrogens with two attached hydrogens (primary N) is 1. The van der Waals surface area contributed by atoms with Crippen LogP contribution in [0, 0.1) is 6.92 Å². The van der Waals surface area contributed by atoms with Gasteiger partial charge in [-0.05, 0) is 13.8 Å². The largest absolute Gasteiger partial charge is 0.466 e. The molecule has 1 rings (SSSR count). The van der Waals surface area contributed by atoms with E-state index in [9.17, 15) is 13.2 Å². The first-order valence-corrected chi connectivity index (χ1v) is 7.56. The van der Waals surface area contributed by atoms with E-state index >= 15 is 0 Å². The predicted molar refractivity (Wildman–Crippen MR) is 73.4 cm³/mol. The maximum absolute atomic E-state index is 12.4. The van der Waals surface area contributed by atoms with Crippen LogP contribution >= 0.6 is 0 Å². The third-order valence-corrected chi connectivity index (χ3v) is 4.93. The summed E-state index contributed by atoms with van der Waals surface area (Å²) >= 11 is 0. The Morgan fingerprint density at radius 3 is 2.55 bits per heavy atom. The molecule has 8 nitrogen and oxygen atoms in total. The summed E-state index contributed by atoms with van der Waals surface area (Å²) in [7, 11) is -0.769. The van der Waals surface area contributed by atoms with Crippen LogP contribution in [0.2, 0.25) is 0 Å². The van der Waals surface area contributed by atoms with Gasteiger partial charge in [0.15, 0.2) is 5.82 Å². The third kappa shape index (κ3) is 3.28. The lowest BCUT2D eigenvalue weighted by atomic mass is 10.4. The van der Waals surface area contributed by atoms with E-state index in [0.717, 1.165) is 4.31 Å². The van der Waals surface area contributed by atoms with E-state index in [-0.39, 0.29) is 30.3 Å². The van der Waals surface area contributed by atoms with Crippen molar-refractivity contribution in [2.75, 3.05) is 25.9 Å². The number of ether oxygens (including phenoxy) is 1. The highest BCUT2D eigenvalue weighted by Gasteiger charge is 2.29. The highest BCUT2D eigenvalue weighted by Crippen LogP contribution is 2.24. The zero-order chi connectivity index (χ0) is 15.5. The van der Waals surface area contributed by atoms with Gasteiger partial charge in [-0.1, -0.05) is 0 Å². The van der Waals surface area contributed by atoms with Gasteiger partial charge >= 0.3 is 5.97 Å². The second kappa shape index (κ2) is 6.23. The SMILES string of the molecule is CCOC(=O)CCN(C)S(=O)(=O)c1c(N)nn(C)c1C. The molecule has 1 aromatic heterocycles. The lowest BCUT2D eigenvalue weighted by Crippen LogP contribution is -2.30. The molecule has 0 atom stereocenters. The lowest BCUT2D eigenvalue weighted by Gasteiger charge is -2.16. The van der Waals surface area contributed by atoms with Crippen molar-refractivity contribution >= 4 is 21.8 Å². The van der Waals surface area contributed by atoms with E-state index in [0.29, 0.717) is 5.69 Å². The van der Waals surface area contributed by atoms with Gasteiger partial charge in [-0.15, -0.1) is 0 Å². The van der Waals surface area contributed by atoms with E-state index < -0.39 is 16.0 Å². The van der Waals surface area contributed by atoms with E-state index in [1.165, 1.54) is 11.7 Å². The number of aryl methyl sites for hydroxylation is 1. The Morgan fingerprint density at radius 1 is 1.50 bits per heavy atom. The topological polar surface area (TPSA) is 108 Å². The second-order valence-corrected chi connectivity index (χ2v) is 6.29. The van der Waals surface area contributed by atoms with Gasteiger partial charge in [0.05, 0.1) is 18.7 Å². The van der Waals surface area contributed by atoms with E-state index in [4.69, 9.17) is 10.5 Å². The fourth-order valence-electron chi connectivity index (χ4n) is 1.69. The Balaban J connectivity index is 2.91. The molecule has 0 bridgehead atoms. The molecule has 0 amide bonds. The van der Waals surface area contributed by atoms with Crippen molar-refractivity contribution in [1.29, 1.82) is 0 Å². The molecule has 1 heterocycles. The van der Waals surface area contributed by atoms with E-state index in [2.05, 4.69) is 5.10 Å². The molecule has 20 heavy (non-hydrogen) atoms. The van der Waals surface area contributed by atoms with Gasteiger partial charge in [-0.3, -0.25) is 9.48 Å². The standard InChI is InChI=1S/C11H20N4O4S/c1-5-19-9(16)6-7-14(3)20(17,18)10-8(2)15(4)13-11(10)12/h5-7H2,1-4H3,(H2,12,13). The Labute approximate surface area is 118 Å². The maximum atomic E-state index is 12.4. The minimum atomic E-state index is -3.77. The molecule has 0 aromatic carbocycles. The zero-order valence-electron chi connectivity index (χ0n) is 12.1. The average molecular weight is 304 g/mol. The summed E-state index contributed by atoms with van der Waals surface area (Å²) in [6.07, 6.45) is -0.0111. The lowest BCUT2D eigenvalue weighted by molar-refractivity contribution is -0.143. The number of nitrogen functional groups attached to an aromatic ring is 1. The summed E-state index contributed by atoms with van der Waals surface area (Å²) in [6, 6.07) is 0. The average Bonchev–Trinajstić information content (AvgIpc) is 2.60. The fourth-order valence-corrected chi connectivity index (χ4v) is 3.14. The number of sulfonamides is 1. The monoisotopic (exact) mass is 304 g/mol. The first kappa shape index (κ1) is 16.4. The highest BCUT2D eigenvalue weighted by atomic mass is 32.2. The molecule has 0 unspecified atom stereocenters. The molecule has 0 saturated heterocycles. The molecule has 114 valence electrons. The Bertz CT molecular complexity index is 594. The molecule has 1 aromatic rings. The van der Waals surface area contributed by atoms with E-state index in [1.54, 1.807) is 20.9 Å². The first-order valence-electron chi connectivity index (χ1n) is 6.12. The number of carbonyl (C=O) groups excluding carboxylic acids is 1. The molecule has 0 aliphatic heterocycles. The predicted octanol–water partition coefficient (Wildman–Crippen LogP) is -0.116. The van der Waals surface area contributed by atoms with E-state index in [1.807, 2.05) is 0 Å². The van der Waals surface area contributed by atoms with Gasteiger partial charge in [-0.25, -0.2) is 12.7 Å². The molecule has 0 radical (unpaired) electrons. The van der Waals surface area contributed by atoms with Gasteiger partial charge in [-0.2, -0.15) is 5.10 Å². The number of aromatic nitrogens is 2. The smallest absolute Gasteiger partial charge is 0.307 e. The van der Waals surface area contributed by atoms with Crippen molar-refractivity contribution in [2.45, 2.75) is 25.2 Å². The summed E-state index contributed by atoms with van der Waals surface area (Å²) in [5.41, 5.74) is 6.09. The van der Waals surface area contributed by atoms with Crippen LogP contribution in [-0.2, 0) is 26.6 Å². The highest BCUT2D eigenvalue weighted by molar-refractivity contribution is 7.89. The normalized spacial score (nSPS) is 11.8. The van der Waals surface area contributed by atoms with Crippen LogP contribution in [0.4, 0.5) is 5.82 Å². The quantitative estimate of drug-likeness (QED) is 0.734. The summed E-state index contributed by atoms with van der Waals surface area (Å²) in [4.78, 5) is 11.2. The van der Waals surface area contributed by atoms with Gasteiger partial charge in [0.1, 0.15) is 4.90 Å². The molecule has 0 aliphatic carbocycles. The van der Waals surface area contributed by atoms with Crippen molar-refractivity contribution in [3.63, 3.8) is 0 Å². The number of rotatable bonds is 6. The van der Waals surface area contributed by atoms with Gasteiger partial charge in [0.25, 0.3) is 0 Å². The number of nitrogens with zero attached hydrogens (tertiary/aromatic N) is 3. The number of carbonyl (C=O) groups is 1. The molecular formula is C11H20N4O4S. The molecule has 0 saturated carbocycles. The number of esters is 1. The molecule has 0 spiro atoms. The third-order valence-electron chi connectivity index (χ3n) is 2.91. The van der Waals surface area contributed by atoms with Crippen LogP contribution in [0.15, 0.2) is 4.90 Å².